The molecule has 0 aliphatic rings. The lowest BCUT2D eigenvalue weighted by molar-refractivity contribution is 0.565. The van der Waals surface area contributed by atoms with Gasteiger partial charge in [0.25, 0.3) is 0 Å². The van der Waals surface area contributed by atoms with E-state index < -0.39 is 0 Å². The average Bonchev–Trinajstić information content (AvgIpc) is 2.21. The maximum atomic E-state index is 9.98. The normalized spacial score (nSPS) is 9.50. The second kappa shape index (κ2) is 6.11. The number of isocyanates is 1. The molecular weight excluding hydrogens is 174 g/mol. The molecule has 0 amide bonds. The summed E-state index contributed by atoms with van der Waals surface area (Å²) < 4.78 is 0. The number of aryl methyl sites for hydroxylation is 1. The monoisotopic (exact) mass is 189 g/mol. The van der Waals surface area contributed by atoms with Crippen molar-refractivity contribution in [2.45, 2.75) is 32.6 Å². The first-order valence-corrected chi connectivity index (χ1v) is 5.03. The van der Waals surface area contributed by atoms with Crippen molar-refractivity contribution in [1.29, 1.82) is 0 Å². The van der Waals surface area contributed by atoms with Gasteiger partial charge in [-0.3, -0.25) is 0 Å². The van der Waals surface area contributed by atoms with Gasteiger partial charge in [-0.1, -0.05) is 31.9 Å². The second-order valence-electron chi connectivity index (χ2n) is 3.33. The Morgan fingerprint density at radius 1 is 1.21 bits per heavy atom. The number of unbranched alkanes of at least 4 members (excludes halogenated alkanes) is 2. The Hall–Kier alpha value is -1.40. The van der Waals surface area contributed by atoms with Crippen molar-refractivity contribution in [2.75, 3.05) is 0 Å². The molecule has 0 bridgehead atoms. The topological polar surface area (TPSA) is 29.4 Å². The molecule has 0 atom stereocenters. The first-order chi connectivity index (χ1) is 6.86. The largest absolute Gasteiger partial charge is 0.240 e. The summed E-state index contributed by atoms with van der Waals surface area (Å²) in [5, 5.41) is 0. The van der Waals surface area contributed by atoms with Gasteiger partial charge in [-0.25, -0.2) is 4.79 Å². The van der Waals surface area contributed by atoms with E-state index in [1.165, 1.54) is 30.9 Å². The van der Waals surface area contributed by atoms with Gasteiger partial charge in [0, 0.05) is 0 Å². The minimum atomic E-state index is 0.680. The first-order valence-electron chi connectivity index (χ1n) is 5.03. The molecule has 1 rings (SSSR count). The van der Waals surface area contributed by atoms with E-state index in [4.69, 9.17) is 0 Å². The molecule has 2 heteroatoms. The summed E-state index contributed by atoms with van der Waals surface area (Å²) in [5.41, 5.74) is 1.99. The van der Waals surface area contributed by atoms with Gasteiger partial charge < -0.3 is 0 Å². The highest BCUT2D eigenvalue weighted by Gasteiger charge is 1.93. The van der Waals surface area contributed by atoms with Gasteiger partial charge in [0.15, 0.2) is 0 Å². The van der Waals surface area contributed by atoms with E-state index in [1.807, 2.05) is 24.3 Å². The van der Waals surface area contributed by atoms with Crippen LogP contribution in [0.25, 0.3) is 0 Å². The van der Waals surface area contributed by atoms with E-state index in [0.717, 1.165) is 6.42 Å². The summed E-state index contributed by atoms with van der Waals surface area (Å²) in [6.45, 7) is 2.20. The number of aliphatic imine (C=N–C) groups is 1. The lowest BCUT2D eigenvalue weighted by atomic mass is 10.1. The van der Waals surface area contributed by atoms with Crippen LogP contribution >= 0.6 is 0 Å². The molecule has 0 spiro atoms. The van der Waals surface area contributed by atoms with E-state index in [-0.39, 0.29) is 0 Å². The number of hydrogen-bond donors (Lipinski definition) is 0. The molecule has 1 aromatic rings. The molecule has 0 aliphatic carbocycles. The van der Waals surface area contributed by atoms with E-state index in [1.54, 1.807) is 0 Å². The summed E-state index contributed by atoms with van der Waals surface area (Å²) in [6.07, 6.45) is 6.39. The van der Waals surface area contributed by atoms with E-state index >= 15 is 0 Å². The van der Waals surface area contributed by atoms with Gasteiger partial charge >= 0.3 is 0 Å². The molecule has 0 saturated heterocycles. The van der Waals surface area contributed by atoms with Gasteiger partial charge in [0.2, 0.25) is 6.08 Å². The van der Waals surface area contributed by atoms with Crippen molar-refractivity contribution in [1.82, 2.24) is 0 Å². The zero-order chi connectivity index (χ0) is 10.2. The fraction of sp³-hybridized carbons (Fsp3) is 0.417. The molecule has 14 heavy (non-hydrogen) atoms. The van der Waals surface area contributed by atoms with Crippen LogP contribution in [0.15, 0.2) is 29.3 Å². The lowest BCUT2D eigenvalue weighted by Crippen LogP contribution is -1.83. The predicted molar refractivity (Wildman–Crippen MR) is 57.5 cm³/mol. The number of hydrogen-bond acceptors (Lipinski definition) is 2. The van der Waals surface area contributed by atoms with Crippen LogP contribution in [-0.4, -0.2) is 6.08 Å². The smallest absolute Gasteiger partial charge is 0.211 e. The summed E-state index contributed by atoms with van der Waals surface area (Å²) in [6, 6.07) is 7.75. The Kier molecular flexibility index (Phi) is 4.66. The van der Waals surface area contributed by atoms with Gasteiger partial charge in [-0.15, -0.1) is 0 Å². The Bertz CT molecular complexity index is 310. The van der Waals surface area contributed by atoms with Crippen molar-refractivity contribution in [3.8, 4) is 0 Å². The maximum absolute atomic E-state index is 9.98. The van der Waals surface area contributed by atoms with Crippen LogP contribution in [0.4, 0.5) is 5.69 Å². The predicted octanol–water partition coefficient (Wildman–Crippen LogP) is 3.39. The van der Waals surface area contributed by atoms with Crippen molar-refractivity contribution < 1.29 is 4.79 Å². The van der Waals surface area contributed by atoms with Crippen LogP contribution in [0.3, 0.4) is 0 Å². The number of rotatable bonds is 5. The van der Waals surface area contributed by atoms with Crippen LogP contribution < -0.4 is 0 Å². The van der Waals surface area contributed by atoms with Crippen LogP contribution in [0.5, 0.6) is 0 Å². The minimum Gasteiger partial charge on any atom is -0.211 e. The van der Waals surface area contributed by atoms with E-state index in [0.29, 0.717) is 5.69 Å². The molecular formula is C12H15NO. The third kappa shape index (κ3) is 3.55. The van der Waals surface area contributed by atoms with Gasteiger partial charge in [-0.05, 0) is 30.5 Å². The number of carbonyl (C=O) groups excluding carboxylic acids is 1. The maximum Gasteiger partial charge on any atom is 0.240 e. The molecule has 0 radical (unpaired) electrons. The molecule has 0 heterocycles. The Balaban J connectivity index is 2.50. The Labute approximate surface area is 84.7 Å². The highest BCUT2D eigenvalue weighted by molar-refractivity contribution is 5.49. The molecule has 0 fully saturated rings. The first kappa shape index (κ1) is 10.7. The Morgan fingerprint density at radius 3 is 2.50 bits per heavy atom. The van der Waals surface area contributed by atoms with Gasteiger partial charge in [0.1, 0.15) is 0 Å². The third-order valence-electron chi connectivity index (χ3n) is 2.18. The molecule has 74 valence electrons. The van der Waals surface area contributed by atoms with Crippen molar-refractivity contribution in [3.05, 3.63) is 29.8 Å². The highest BCUT2D eigenvalue weighted by Crippen LogP contribution is 2.13. The van der Waals surface area contributed by atoms with Crippen LogP contribution in [0, 0.1) is 0 Å². The Morgan fingerprint density at radius 2 is 1.93 bits per heavy atom. The second-order valence-corrected chi connectivity index (χ2v) is 3.33. The minimum absolute atomic E-state index is 0.680. The van der Waals surface area contributed by atoms with Crippen LogP contribution in [0.2, 0.25) is 0 Å². The van der Waals surface area contributed by atoms with Gasteiger partial charge in [0.05, 0.1) is 5.69 Å². The standard InChI is InChI=1S/C12H15NO/c1-2-3-4-5-11-6-8-12(9-7-11)13-10-14/h6-9H,2-5H2,1H3. The van der Waals surface area contributed by atoms with Crippen LogP contribution in [-0.2, 0) is 11.2 Å². The fourth-order valence-corrected chi connectivity index (χ4v) is 1.37. The summed E-state index contributed by atoms with van der Waals surface area (Å²) in [5.74, 6) is 0. The van der Waals surface area contributed by atoms with Gasteiger partial charge in [-0.2, -0.15) is 4.99 Å². The third-order valence-corrected chi connectivity index (χ3v) is 2.18. The van der Waals surface area contributed by atoms with Crippen molar-refractivity contribution in [2.24, 2.45) is 4.99 Å². The summed E-state index contributed by atoms with van der Waals surface area (Å²) >= 11 is 0. The van der Waals surface area contributed by atoms with Crippen molar-refractivity contribution >= 4 is 11.8 Å². The molecule has 1 aromatic carbocycles. The SMILES string of the molecule is CCCCCc1ccc(N=C=O)cc1. The lowest BCUT2D eigenvalue weighted by Gasteiger charge is -1.99. The molecule has 0 aliphatic heterocycles. The molecule has 0 saturated carbocycles. The molecule has 0 N–H and O–H groups in total. The number of nitrogens with zero attached hydrogens (tertiary/aromatic N) is 1. The van der Waals surface area contributed by atoms with E-state index in [9.17, 15) is 4.79 Å². The van der Waals surface area contributed by atoms with Crippen molar-refractivity contribution in [3.63, 3.8) is 0 Å². The summed E-state index contributed by atoms with van der Waals surface area (Å²) in [7, 11) is 0. The number of benzene rings is 1. The summed E-state index contributed by atoms with van der Waals surface area (Å²) in [4.78, 5) is 13.5. The zero-order valence-electron chi connectivity index (χ0n) is 8.49. The quantitative estimate of drug-likeness (QED) is 0.396. The average molecular weight is 189 g/mol. The molecule has 2 nitrogen and oxygen atoms in total. The highest BCUT2D eigenvalue weighted by atomic mass is 16.1. The zero-order valence-corrected chi connectivity index (χ0v) is 8.49. The van der Waals surface area contributed by atoms with E-state index in [2.05, 4.69) is 11.9 Å². The van der Waals surface area contributed by atoms with Crippen LogP contribution in [0.1, 0.15) is 31.7 Å². The fourth-order valence-electron chi connectivity index (χ4n) is 1.37. The molecule has 0 aromatic heterocycles. The molecule has 0 unspecified atom stereocenters.